The lowest BCUT2D eigenvalue weighted by molar-refractivity contribution is -0.870. The van der Waals surface area contributed by atoms with Crippen LogP contribution in [0.5, 0.6) is 23.0 Å². The van der Waals surface area contributed by atoms with Crippen LogP contribution in [-0.4, -0.2) is 154 Å². The quantitative estimate of drug-likeness (QED) is 0.0412. The lowest BCUT2D eigenvalue weighted by Gasteiger charge is -2.23. The highest BCUT2D eigenvalue weighted by Gasteiger charge is 2.42. The zero-order valence-corrected chi connectivity index (χ0v) is 35.3. The van der Waals surface area contributed by atoms with Gasteiger partial charge in [-0.3, -0.25) is 14.8 Å². The van der Waals surface area contributed by atoms with E-state index < -0.39 is 0 Å². The number of nitrogens with one attached hydrogen (secondary N) is 3. The number of ether oxygens (including phenoxy) is 2. The van der Waals surface area contributed by atoms with Gasteiger partial charge in [-0.1, -0.05) is 6.42 Å². The van der Waals surface area contributed by atoms with Crippen molar-refractivity contribution in [3.8, 4) is 23.0 Å². The molecular formula is C42H67N7O6S+2. The molecule has 13 nitrogen and oxygen atoms in total. The van der Waals surface area contributed by atoms with Gasteiger partial charge in [0.15, 0.2) is 0 Å². The van der Waals surface area contributed by atoms with Crippen LogP contribution >= 0.6 is 11.8 Å². The van der Waals surface area contributed by atoms with Crippen LogP contribution < -0.4 is 25.4 Å². The molecule has 0 unspecified atom stereocenters. The second kappa shape index (κ2) is 22.1. The topological polar surface area (TPSA) is 154 Å². The summed E-state index contributed by atoms with van der Waals surface area (Å²) in [7, 11) is 12.9. The molecule has 0 saturated carbocycles. The van der Waals surface area contributed by atoms with Crippen molar-refractivity contribution in [1.29, 1.82) is 0 Å². The largest absolute Gasteiger partial charge is 0.507 e. The molecule has 0 radical (unpaired) electrons. The lowest BCUT2D eigenvalue weighted by Crippen LogP contribution is -2.36. The first-order chi connectivity index (χ1) is 26.6. The molecule has 0 aromatic heterocycles. The Bertz CT molecular complexity index is 1610. The fourth-order valence-corrected chi connectivity index (χ4v) is 8.21. The van der Waals surface area contributed by atoms with Crippen molar-refractivity contribution >= 4 is 36.1 Å². The van der Waals surface area contributed by atoms with Crippen molar-refractivity contribution < 1.29 is 38.2 Å². The third kappa shape index (κ3) is 16.6. The highest BCUT2D eigenvalue weighted by atomic mass is 32.2. The van der Waals surface area contributed by atoms with Gasteiger partial charge in [-0.15, -0.1) is 0 Å². The SMILES string of the molecule is C[N+](C)(C)CCCOc1ccc(C=NC[C@H](CCCCNC(=O)CCCC[C@@H]2SC[C@@H]3NC(=O)N[C@@H]32)N=Cc2ccc(OCCC[N+](C)(C)C)cc2O)c(O)c1. The molecule has 2 aromatic carbocycles. The van der Waals surface area contributed by atoms with Gasteiger partial charge in [-0.05, 0) is 56.4 Å². The molecule has 0 aliphatic carbocycles. The average molecular weight is 798 g/mol. The molecule has 2 heterocycles. The number of thioether (sulfide) groups is 1. The number of aromatic hydroxyl groups is 2. The van der Waals surface area contributed by atoms with E-state index in [-0.39, 0.29) is 41.6 Å². The van der Waals surface area contributed by atoms with Crippen molar-refractivity contribution in [1.82, 2.24) is 16.0 Å². The Hall–Kier alpha value is -4.01. The van der Waals surface area contributed by atoms with Crippen LogP contribution in [-0.2, 0) is 4.79 Å². The zero-order valence-electron chi connectivity index (χ0n) is 34.5. The maximum atomic E-state index is 12.5. The van der Waals surface area contributed by atoms with Crippen molar-refractivity contribution in [2.45, 2.75) is 81.2 Å². The van der Waals surface area contributed by atoms with Crippen molar-refractivity contribution in [3.05, 3.63) is 47.5 Å². The second-order valence-electron chi connectivity index (χ2n) is 17.0. The number of hydrogen-bond donors (Lipinski definition) is 5. The number of phenolic OH excluding ortho intramolecular Hbond substituents is 2. The van der Waals surface area contributed by atoms with Crippen LogP contribution in [0.2, 0.25) is 0 Å². The minimum absolute atomic E-state index is 0.0635. The molecule has 5 N–H and O–H groups in total. The smallest absolute Gasteiger partial charge is 0.315 e. The number of amides is 3. The monoisotopic (exact) mass is 797 g/mol. The minimum atomic E-state index is -0.174. The van der Waals surface area contributed by atoms with Gasteiger partial charge in [0.05, 0.1) is 93.3 Å². The van der Waals surface area contributed by atoms with Crippen molar-refractivity contribution in [2.75, 3.05) is 87.4 Å². The molecule has 0 bridgehead atoms. The molecule has 14 heteroatoms. The van der Waals surface area contributed by atoms with Gasteiger partial charge in [0.2, 0.25) is 5.91 Å². The third-order valence-corrected chi connectivity index (χ3v) is 11.3. The number of rotatable bonds is 25. The molecular weight excluding hydrogens is 731 g/mol. The molecule has 2 saturated heterocycles. The molecule has 2 fully saturated rings. The maximum Gasteiger partial charge on any atom is 0.315 e. The Morgan fingerprint density at radius 3 is 2.11 bits per heavy atom. The summed E-state index contributed by atoms with van der Waals surface area (Å²) >= 11 is 1.90. The summed E-state index contributed by atoms with van der Waals surface area (Å²) in [6, 6.07) is 10.7. The number of phenols is 2. The lowest BCUT2D eigenvalue weighted by atomic mass is 10.0. The normalized spacial score (nSPS) is 18.9. The number of carbonyl (C=O) groups excluding carboxylic acids is 2. The summed E-state index contributed by atoms with van der Waals surface area (Å²) in [5.74, 6) is 2.45. The molecule has 2 aromatic rings. The first kappa shape index (κ1) is 44.7. The number of fused-ring (bicyclic) bond motifs is 1. The average Bonchev–Trinajstić information content (AvgIpc) is 3.68. The number of unbranched alkanes of at least 4 members (excludes halogenated alkanes) is 2. The highest BCUT2D eigenvalue weighted by Crippen LogP contribution is 2.33. The fourth-order valence-electron chi connectivity index (χ4n) is 6.67. The van der Waals surface area contributed by atoms with Gasteiger partial charge in [-0.2, -0.15) is 11.8 Å². The van der Waals surface area contributed by atoms with Crippen LogP contribution in [0.1, 0.15) is 68.9 Å². The maximum absolute atomic E-state index is 12.5. The molecule has 2 aliphatic rings. The van der Waals surface area contributed by atoms with Crippen LogP contribution in [0.15, 0.2) is 46.4 Å². The number of carbonyl (C=O) groups is 2. The van der Waals surface area contributed by atoms with E-state index >= 15 is 0 Å². The third-order valence-electron chi connectivity index (χ3n) is 9.83. The van der Waals surface area contributed by atoms with E-state index in [9.17, 15) is 19.8 Å². The number of hydrogen-bond acceptors (Lipinski definition) is 9. The summed E-state index contributed by atoms with van der Waals surface area (Å²) in [4.78, 5) is 33.6. The Labute approximate surface area is 338 Å². The van der Waals surface area contributed by atoms with E-state index in [0.717, 1.165) is 79.2 Å². The van der Waals surface area contributed by atoms with Gasteiger partial charge in [0, 0.05) is 72.5 Å². The van der Waals surface area contributed by atoms with E-state index in [1.54, 1.807) is 36.7 Å². The van der Waals surface area contributed by atoms with Gasteiger partial charge >= 0.3 is 6.03 Å². The van der Waals surface area contributed by atoms with Crippen LogP contribution in [0, 0.1) is 0 Å². The summed E-state index contributed by atoms with van der Waals surface area (Å²) in [6.45, 7) is 4.12. The number of urea groups is 1. The van der Waals surface area contributed by atoms with Crippen molar-refractivity contribution in [3.63, 3.8) is 0 Å². The Morgan fingerprint density at radius 1 is 0.875 bits per heavy atom. The van der Waals surface area contributed by atoms with E-state index in [4.69, 9.17) is 14.5 Å². The van der Waals surface area contributed by atoms with Gasteiger partial charge < -0.3 is 44.6 Å². The van der Waals surface area contributed by atoms with Gasteiger partial charge in [0.1, 0.15) is 23.0 Å². The predicted molar refractivity (Wildman–Crippen MR) is 227 cm³/mol. The first-order valence-electron chi connectivity index (χ1n) is 20.2. The molecule has 3 amide bonds. The standard InChI is InChI=1S/C42H65N7O6S/c1-48(2,3)21-11-23-54-34-18-16-31(37(50)25-34)27-43-29-33(45-28-32-17-19-35(26-38(32)51)55-24-12-22-49(4,5)6)13-9-10-20-44-40(52)15-8-7-14-39-41-36(30-56-39)46-42(53)47-41/h16-19,25-28,33,36,39,41H,7-15,20-24,29-30H2,1-6H3,(H3-2,43,44,45,46,47,50,51,52,53)/p+2/t33-,36-,39-,41-/m0/s1. The van der Waals surface area contributed by atoms with Crippen molar-refractivity contribution in [2.24, 2.45) is 9.98 Å². The van der Waals surface area contributed by atoms with E-state index in [0.29, 0.717) is 60.6 Å². The molecule has 2 aliphatic heterocycles. The molecule has 56 heavy (non-hydrogen) atoms. The van der Waals surface area contributed by atoms with Gasteiger partial charge in [-0.25, -0.2) is 4.79 Å². The highest BCUT2D eigenvalue weighted by molar-refractivity contribution is 8.00. The predicted octanol–water partition coefficient (Wildman–Crippen LogP) is 4.97. The second-order valence-corrected chi connectivity index (χ2v) is 18.3. The van der Waals surface area contributed by atoms with Crippen LogP contribution in [0.3, 0.4) is 0 Å². The van der Waals surface area contributed by atoms with E-state index in [1.807, 2.05) is 23.9 Å². The fraction of sp³-hybridized carbons (Fsp3) is 0.619. The number of benzene rings is 2. The molecule has 4 atom stereocenters. The Kier molecular flexibility index (Phi) is 17.6. The Balaban J connectivity index is 1.25. The van der Waals surface area contributed by atoms with Crippen LogP contribution in [0.25, 0.3) is 0 Å². The summed E-state index contributed by atoms with van der Waals surface area (Å²) in [6.07, 6.45) is 10.8. The summed E-state index contributed by atoms with van der Waals surface area (Å²) in [5, 5.41) is 30.9. The van der Waals surface area contributed by atoms with E-state index in [1.165, 1.54) is 0 Å². The number of quaternary nitrogens is 2. The molecule has 310 valence electrons. The summed E-state index contributed by atoms with van der Waals surface area (Å²) < 4.78 is 13.4. The van der Waals surface area contributed by atoms with Gasteiger partial charge in [0.25, 0.3) is 0 Å². The number of aliphatic imine (C=N–C) groups is 2. The minimum Gasteiger partial charge on any atom is -0.507 e. The van der Waals surface area contributed by atoms with Crippen LogP contribution in [0.4, 0.5) is 4.79 Å². The zero-order chi connectivity index (χ0) is 40.6. The van der Waals surface area contributed by atoms with E-state index in [2.05, 4.69) is 63.2 Å². The summed E-state index contributed by atoms with van der Waals surface area (Å²) in [5.41, 5.74) is 1.19. The molecule has 0 spiro atoms. The molecule has 4 rings (SSSR count). The first-order valence-corrected chi connectivity index (χ1v) is 21.2. The Morgan fingerprint density at radius 2 is 1.50 bits per heavy atom. The number of nitrogens with zero attached hydrogens (tertiary/aromatic N) is 4.